The van der Waals surface area contributed by atoms with Crippen LogP contribution in [0.2, 0.25) is 5.02 Å². The van der Waals surface area contributed by atoms with E-state index in [1.165, 1.54) is 70.3 Å². The molecule has 182 valence electrons. The van der Waals surface area contributed by atoms with Crippen molar-refractivity contribution in [3.05, 3.63) is 56.2 Å². The van der Waals surface area contributed by atoms with Gasteiger partial charge >= 0.3 is 5.69 Å². The van der Waals surface area contributed by atoms with E-state index in [-0.39, 0.29) is 32.3 Å². The SMILES string of the molecule is COc1cc(OC)c(NC(=O)CN(C)S(=O)(=O)c2ccc3c(c2)c(=O)n(C)c(=O)n3C)cc1Cl. The summed E-state index contributed by atoms with van der Waals surface area (Å²) in [4.78, 5) is 37.0. The number of rotatable bonds is 7. The molecule has 2 aromatic carbocycles. The van der Waals surface area contributed by atoms with Crippen molar-refractivity contribution >= 4 is 44.1 Å². The van der Waals surface area contributed by atoms with Gasteiger partial charge in [0.05, 0.1) is 47.3 Å². The van der Waals surface area contributed by atoms with Gasteiger partial charge in [-0.2, -0.15) is 4.31 Å². The molecule has 11 nitrogen and oxygen atoms in total. The fraction of sp³-hybridized carbons (Fsp3) is 0.286. The molecule has 0 fully saturated rings. The summed E-state index contributed by atoms with van der Waals surface area (Å²) in [6.07, 6.45) is 0. The molecule has 0 bridgehead atoms. The Morgan fingerprint density at radius 3 is 2.32 bits per heavy atom. The second-order valence-electron chi connectivity index (χ2n) is 7.38. The molecule has 0 unspecified atom stereocenters. The number of nitrogens with one attached hydrogen (secondary N) is 1. The molecule has 0 saturated heterocycles. The molecular weight excluding hydrogens is 488 g/mol. The van der Waals surface area contributed by atoms with Crippen molar-refractivity contribution in [1.82, 2.24) is 13.4 Å². The van der Waals surface area contributed by atoms with Gasteiger partial charge in [-0.05, 0) is 24.3 Å². The highest BCUT2D eigenvalue weighted by Gasteiger charge is 2.25. The van der Waals surface area contributed by atoms with Crippen molar-refractivity contribution in [1.29, 1.82) is 0 Å². The van der Waals surface area contributed by atoms with Crippen molar-refractivity contribution in [2.75, 3.05) is 33.1 Å². The summed E-state index contributed by atoms with van der Waals surface area (Å²) in [7, 11) is 2.70. The van der Waals surface area contributed by atoms with Crippen molar-refractivity contribution in [2.24, 2.45) is 14.1 Å². The lowest BCUT2D eigenvalue weighted by Crippen LogP contribution is -2.37. The minimum Gasteiger partial charge on any atom is -0.495 e. The van der Waals surface area contributed by atoms with E-state index in [0.717, 1.165) is 8.87 Å². The third-order valence-electron chi connectivity index (χ3n) is 5.26. The summed E-state index contributed by atoms with van der Waals surface area (Å²) in [6, 6.07) is 6.75. The van der Waals surface area contributed by atoms with Gasteiger partial charge in [-0.3, -0.25) is 18.7 Å². The van der Waals surface area contributed by atoms with Gasteiger partial charge in [0, 0.05) is 27.2 Å². The van der Waals surface area contributed by atoms with Crippen LogP contribution in [0.1, 0.15) is 0 Å². The summed E-state index contributed by atoms with van der Waals surface area (Å²) in [6.45, 7) is -0.529. The molecular formula is C21H23ClN4O7S. The monoisotopic (exact) mass is 510 g/mol. The Bertz CT molecular complexity index is 1510. The van der Waals surface area contributed by atoms with Crippen molar-refractivity contribution < 1.29 is 22.7 Å². The molecule has 0 spiro atoms. The third kappa shape index (κ3) is 4.52. The third-order valence-corrected chi connectivity index (χ3v) is 7.36. The topological polar surface area (TPSA) is 129 Å². The summed E-state index contributed by atoms with van der Waals surface area (Å²) in [5.74, 6) is -0.0306. The van der Waals surface area contributed by atoms with E-state index < -0.39 is 33.7 Å². The molecule has 0 saturated carbocycles. The normalized spacial score (nSPS) is 11.6. The predicted molar refractivity (Wildman–Crippen MR) is 127 cm³/mol. The molecule has 0 aliphatic rings. The summed E-state index contributed by atoms with van der Waals surface area (Å²) in [5, 5.41) is 2.85. The first kappa shape index (κ1) is 25.3. The number of benzene rings is 2. The number of fused-ring (bicyclic) bond motifs is 1. The molecule has 0 atom stereocenters. The molecule has 0 radical (unpaired) electrons. The van der Waals surface area contributed by atoms with E-state index in [1.54, 1.807) is 0 Å². The van der Waals surface area contributed by atoms with Gasteiger partial charge in [0.1, 0.15) is 11.5 Å². The number of halogens is 1. The van der Waals surface area contributed by atoms with Crippen molar-refractivity contribution in [3.8, 4) is 11.5 Å². The zero-order valence-corrected chi connectivity index (χ0v) is 20.7. The van der Waals surface area contributed by atoms with Crippen molar-refractivity contribution in [2.45, 2.75) is 4.90 Å². The number of hydrogen-bond donors (Lipinski definition) is 1. The number of anilines is 1. The van der Waals surface area contributed by atoms with Crippen LogP contribution >= 0.6 is 11.6 Å². The molecule has 1 amide bonds. The Morgan fingerprint density at radius 2 is 1.71 bits per heavy atom. The highest BCUT2D eigenvalue weighted by molar-refractivity contribution is 7.89. The van der Waals surface area contributed by atoms with Crippen LogP contribution in [0.5, 0.6) is 11.5 Å². The Balaban J connectivity index is 1.89. The number of sulfonamides is 1. The van der Waals surface area contributed by atoms with Gasteiger partial charge in [-0.1, -0.05) is 11.6 Å². The van der Waals surface area contributed by atoms with Crippen LogP contribution in [-0.2, 0) is 28.9 Å². The molecule has 0 aliphatic carbocycles. The molecule has 1 aromatic heterocycles. The average molecular weight is 511 g/mol. The zero-order chi connectivity index (χ0) is 25.4. The van der Waals surface area contributed by atoms with E-state index in [0.29, 0.717) is 5.75 Å². The van der Waals surface area contributed by atoms with E-state index in [1.807, 2.05) is 0 Å². The van der Waals surface area contributed by atoms with Crippen LogP contribution in [0.4, 0.5) is 5.69 Å². The van der Waals surface area contributed by atoms with Gasteiger partial charge in [0.2, 0.25) is 15.9 Å². The van der Waals surface area contributed by atoms with Gasteiger partial charge in [-0.15, -0.1) is 0 Å². The predicted octanol–water partition coefficient (Wildman–Crippen LogP) is 1.17. The average Bonchev–Trinajstić information content (AvgIpc) is 2.80. The summed E-state index contributed by atoms with van der Waals surface area (Å²) >= 11 is 6.11. The Labute approximate surface area is 200 Å². The Morgan fingerprint density at radius 1 is 1.06 bits per heavy atom. The van der Waals surface area contributed by atoms with Crippen LogP contribution in [0.3, 0.4) is 0 Å². The van der Waals surface area contributed by atoms with Crippen LogP contribution in [-0.4, -0.2) is 55.6 Å². The maximum atomic E-state index is 13.1. The Hall–Kier alpha value is -3.35. The van der Waals surface area contributed by atoms with E-state index in [4.69, 9.17) is 21.1 Å². The maximum Gasteiger partial charge on any atom is 0.330 e. The van der Waals surface area contributed by atoms with E-state index in [9.17, 15) is 22.8 Å². The lowest BCUT2D eigenvalue weighted by atomic mass is 10.2. The number of aromatic nitrogens is 2. The number of hydrogen-bond acceptors (Lipinski definition) is 7. The molecule has 3 rings (SSSR count). The number of methoxy groups -OCH3 is 2. The van der Waals surface area contributed by atoms with Gasteiger partial charge < -0.3 is 14.8 Å². The smallest absolute Gasteiger partial charge is 0.330 e. The number of likely N-dealkylation sites (N-methyl/N-ethyl adjacent to an activating group) is 1. The highest BCUT2D eigenvalue weighted by Crippen LogP contribution is 2.35. The zero-order valence-electron chi connectivity index (χ0n) is 19.1. The second-order valence-corrected chi connectivity index (χ2v) is 9.83. The molecule has 13 heteroatoms. The number of ether oxygens (including phenoxy) is 2. The van der Waals surface area contributed by atoms with Gasteiger partial charge in [-0.25, -0.2) is 13.2 Å². The number of carbonyl (C=O) groups is 1. The molecule has 3 aromatic rings. The van der Waals surface area contributed by atoms with Crippen LogP contribution in [0.25, 0.3) is 10.9 Å². The first-order chi connectivity index (χ1) is 15.9. The quantitative estimate of drug-likeness (QED) is 0.505. The van der Waals surface area contributed by atoms with Crippen LogP contribution in [0, 0.1) is 0 Å². The molecule has 1 heterocycles. The van der Waals surface area contributed by atoms with E-state index >= 15 is 0 Å². The fourth-order valence-electron chi connectivity index (χ4n) is 3.35. The van der Waals surface area contributed by atoms with Crippen LogP contribution in [0.15, 0.2) is 44.8 Å². The Kier molecular flexibility index (Phi) is 7.05. The van der Waals surface area contributed by atoms with Gasteiger partial charge in [0.15, 0.2) is 0 Å². The number of amides is 1. The maximum absolute atomic E-state index is 13.1. The fourth-order valence-corrected chi connectivity index (χ4v) is 4.74. The minimum atomic E-state index is -4.15. The highest BCUT2D eigenvalue weighted by atomic mass is 35.5. The first-order valence-electron chi connectivity index (χ1n) is 9.79. The van der Waals surface area contributed by atoms with Gasteiger partial charge in [0.25, 0.3) is 5.56 Å². The lowest BCUT2D eigenvalue weighted by Gasteiger charge is -2.18. The molecule has 1 N–H and O–H groups in total. The molecule has 34 heavy (non-hydrogen) atoms. The molecule has 0 aliphatic heterocycles. The number of aryl methyl sites for hydroxylation is 1. The largest absolute Gasteiger partial charge is 0.495 e. The second kappa shape index (κ2) is 9.49. The summed E-state index contributed by atoms with van der Waals surface area (Å²) in [5.41, 5.74) is -0.634. The standard InChI is InChI=1S/C21H23ClN4O7S/c1-24(11-19(27)23-15-9-14(22)17(32-4)10-18(15)33-5)34(30,31)12-6-7-16-13(8-12)20(28)26(3)21(29)25(16)2/h6-10H,11H2,1-5H3,(H,23,27). The number of carbonyl (C=O) groups excluding carboxylic acids is 1. The van der Waals surface area contributed by atoms with Crippen molar-refractivity contribution in [3.63, 3.8) is 0 Å². The van der Waals surface area contributed by atoms with Crippen LogP contribution < -0.4 is 26.0 Å². The lowest BCUT2D eigenvalue weighted by molar-refractivity contribution is -0.116. The minimum absolute atomic E-state index is 0.0566. The number of nitrogens with zero attached hydrogens (tertiary/aromatic N) is 3. The van der Waals surface area contributed by atoms with E-state index in [2.05, 4.69) is 5.32 Å². The first-order valence-corrected chi connectivity index (χ1v) is 11.6. The summed E-state index contributed by atoms with van der Waals surface area (Å²) < 4.78 is 39.5.